The first kappa shape index (κ1) is 38.8. The average molecular weight is 898 g/mol. The number of hydrogen-bond donors (Lipinski definition) is 0. The molecule has 0 saturated heterocycles. The van der Waals surface area contributed by atoms with Crippen LogP contribution in [0.15, 0.2) is 224 Å². The third-order valence-corrected chi connectivity index (χ3v) is 16.9. The van der Waals surface area contributed by atoms with E-state index in [1.165, 1.54) is 97.7 Å². The number of rotatable bonds is 4. The van der Waals surface area contributed by atoms with E-state index < -0.39 is 5.41 Å². The van der Waals surface area contributed by atoms with E-state index in [4.69, 9.17) is 4.74 Å². The molecular weight excluding hydrogens is 855 g/mol. The number of fused-ring (bicyclic) bond motifs is 19. The third-order valence-electron chi connectivity index (χ3n) is 15.7. The maximum Gasteiger partial charge on any atom is 0.140 e. The highest BCUT2D eigenvalue weighted by Gasteiger charge is 2.52. The van der Waals surface area contributed by atoms with Gasteiger partial charge in [0.15, 0.2) is 0 Å². The van der Waals surface area contributed by atoms with Crippen LogP contribution >= 0.6 is 11.3 Å². The van der Waals surface area contributed by atoms with Gasteiger partial charge in [0.2, 0.25) is 0 Å². The summed E-state index contributed by atoms with van der Waals surface area (Å²) in [6.45, 7) is 4.73. The molecule has 0 amide bonds. The van der Waals surface area contributed by atoms with Gasteiger partial charge in [0, 0.05) is 64.5 Å². The number of benzene rings is 11. The van der Waals surface area contributed by atoms with Crippen molar-refractivity contribution in [3.8, 4) is 44.9 Å². The van der Waals surface area contributed by atoms with Gasteiger partial charge >= 0.3 is 0 Å². The summed E-state index contributed by atoms with van der Waals surface area (Å²) in [7, 11) is 0. The molecule has 2 heterocycles. The van der Waals surface area contributed by atoms with Crippen LogP contribution in [0.2, 0.25) is 0 Å². The minimum atomic E-state index is -0.609. The second kappa shape index (κ2) is 14.1. The Balaban J connectivity index is 0.908. The van der Waals surface area contributed by atoms with Crippen LogP contribution in [0.5, 0.6) is 11.5 Å². The summed E-state index contributed by atoms with van der Waals surface area (Å²) in [6, 6.07) is 83.7. The fourth-order valence-electron chi connectivity index (χ4n) is 12.5. The summed E-state index contributed by atoms with van der Waals surface area (Å²) in [5, 5.41) is 7.19. The number of nitrogens with zero attached hydrogens (tertiary/aromatic N) is 1. The molecule has 0 radical (unpaired) electrons. The summed E-state index contributed by atoms with van der Waals surface area (Å²) in [6.07, 6.45) is 0. The molecule has 0 N–H and O–H groups in total. The molecule has 12 aromatic rings. The molecule has 69 heavy (non-hydrogen) atoms. The first-order valence-electron chi connectivity index (χ1n) is 24.0. The first-order chi connectivity index (χ1) is 33.9. The van der Waals surface area contributed by atoms with Crippen molar-refractivity contribution >= 4 is 70.1 Å². The minimum Gasteiger partial charge on any atom is -0.455 e. The Morgan fingerprint density at radius 1 is 0.348 bits per heavy atom. The zero-order valence-electron chi connectivity index (χ0n) is 38.1. The van der Waals surface area contributed by atoms with E-state index in [-0.39, 0.29) is 5.41 Å². The molecule has 0 saturated carbocycles. The number of hydrogen-bond acceptors (Lipinski definition) is 3. The van der Waals surface area contributed by atoms with Crippen LogP contribution in [0.4, 0.5) is 17.1 Å². The van der Waals surface area contributed by atoms with Crippen LogP contribution in [0, 0.1) is 0 Å². The number of anilines is 3. The van der Waals surface area contributed by atoms with Crippen molar-refractivity contribution in [1.29, 1.82) is 0 Å². The molecule has 0 unspecified atom stereocenters. The Labute approximate surface area is 405 Å². The van der Waals surface area contributed by atoms with Crippen molar-refractivity contribution in [3.63, 3.8) is 0 Å². The van der Waals surface area contributed by atoms with Gasteiger partial charge in [0.05, 0.1) is 5.41 Å². The molecular formula is C66H43NOS. The predicted molar refractivity (Wildman–Crippen MR) is 289 cm³/mol. The molecule has 3 aliphatic rings. The molecule has 1 aromatic heterocycles. The van der Waals surface area contributed by atoms with Crippen LogP contribution in [-0.4, -0.2) is 0 Å². The Bertz CT molecular complexity index is 4070. The number of thiophene rings is 1. The van der Waals surface area contributed by atoms with Crippen LogP contribution in [0.3, 0.4) is 0 Å². The second-order valence-electron chi connectivity index (χ2n) is 19.5. The van der Waals surface area contributed by atoms with Crippen molar-refractivity contribution in [2.24, 2.45) is 0 Å². The summed E-state index contributed by atoms with van der Waals surface area (Å²) >= 11 is 1.87. The molecule has 2 aliphatic carbocycles. The van der Waals surface area contributed by atoms with Crippen LogP contribution in [-0.2, 0) is 10.8 Å². The highest BCUT2D eigenvalue weighted by atomic mass is 32.1. The van der Waals surface area contributed by atoms with Gasteiger partial charge in [-0.2, -0.15) is 0 Å². The van der Waals surface area contributed by atoms with E-state index >= 15 is 0 Å². The monoisotopic (exact) mass is 897 g/mol. The van der Waals surface area contributed by atoms with Crippen molar-refractivity contribution in [2.75, 3.05) is 4.90 Å². The zero-order chi connectivity index (χ0) is 45.6. The summed E-state index contributed by atoms with van der Waals surface area (Å²) in [4.78, 5) is 2.45. The van der Waals surface area contributed by atoms with E-state index in [2.05, 4.69) is 243 Å². The lowest BCUT2D eigenvalue weighted by atomic mass is 9.65. The van der Waals surface area contributed by atoms with E-state index in [0.29, 0.717) is 0 Å². The SMILES string of the molecule is CC1(C)c2ccccc2-c2ccc(N(c3ccc(-c4ccc5c(c4)C4(c6ccccc6-5)c5ccc6ccccc6c5Oc5c4ccc4ccccc54)cc3)c3ccc4c(c3)sc3ccccc34)cc21. The standard InChI is InChI=1S/C66H43NOS/c1-65(2)55-20-10-7-17-49(55)51-33-30-45(38-59(51)65)67(46-31-34-54-53-19-9-12-22-61(53)69-62(54)39-46)44-28-23-40(24-29-44)43-25-32-52-50-18-8-11-21-56(50)66(60(52)37-43)57-35-26-41-13-3-5-15-47(41)63(57)68-64-48-16-6-4-14-42(48)27-36-58(64)66/h3-39H,1-2H3. The summed E-state index contributed by atoms with van der Waals surface area (Å²) in [5.74, 6) is 1.87. The van der Waals surface area contributed by atoms with Gasteiger partial charge in [-0.3, -0.25) is 0 Å². The molecule has 15 rings (SSSR count). The maximum atomic E-state index is 7.23. The average Bonchev–Trinajstić information content (AvgIpc) is 3.99. The molecule has 2 nitrogen and oxygen atoms in total. The van der Waals surface area contributed by atoms with Gasteiger partial charge in [-0.1, -0.05) is 190 Å². The molecule has 1 aliphatic heterocycles. The normalized spacial score (nSPS) is 14.3. The molecule has 0 bridgehead atoms. The molecule has 11 aromatic carbocycles. The highest BCUT2D eigenvalue weighted by molar-refractivity contribution is 7.25. The Hall–Kier alpha value is -8.24. The van der Waals surface area contributed by atoms with Crippen molar-refractivity contribution < 1.29 is 4.74 Å². The van der Waals surface area contributed by atoms with E-state index in [0.717, 1.165) is 39.3 Å². The maximum absolute atomic E-state index is 7.23. The predicted octanol–water partition coefficient (Wildman–Crippen LogP) is 18.3. The molecule has 0 atom stereocenters. The van der Waals surface area contributed by atoms with Gasteiger partial charge in [0.1, 0.15) is 11.5 Å². The molecule has 324 valence electrons. The van der Waals surface area contributed by atoms with E-state index in [1.807, 2.05) is 11.3 Å². The largest absolute Gasteiger partial charge is 0.455 e. The van der Waals surface area contributed by atoms with Crippen LogP contribution in [0.1, 0.15) is 47.2 Å². The highest BCUT2D eigenvalue weighted by Crippen LogP contribution is 2.64. The summed E-state index contributed by atoms with van der Waals surface area (Å²) in [5.41, 5.74) is 17.9. The lowest BCUT2D eigenvalue weighted by Crippen LogP contribution is -2.32. The van der Waals surface area contributed by atoms with Crippen LogP contribution in [0.25, 0.3) is 75.1 Å². The lowest BCUT2D eigenvalue weighted by molar-refractivity contribution is 0.447. The van der Waals surface area contributed by atoms with Gasteiger partial charge in [-0.15, -0.1) is 11.3 Å². The quantitative estimate of drug-likeness (QED) is 0.175. The fraction of sp³-hybridized carbons (Fsp3) is 0.0606. The topological polar surface area (TPSA) is 12.5 Å². The third kappa shape index (κ3) is 5.31. The summed E-state index contributed by atoms with van der Waals surface area (Å²) < 4.78 is 9.83. The number of ether oxygens (including phenoxy) is 1. The zero-order valence-corrected chi connectivity index (χ0v) is 38.9. The van der Waals surface area contributed by atoms with Crippen molar-refractivity contribution in [1.82, 2.24) is 0 Å². The molecule has 1 spiro atoms. The Morgan fingerprint density at radius 2 is 0.870 bits per heavy atom. The Morgan fingerprint density at radius 3 is 1.61 bits per heavy atom. The molecule has 0 fully saturated rings. The minimum absolute atomic E-state index is 0.122. The van der Waals surface area contributed by atoms with Crippen LogP contribution < -0.4 is 9.64 Å². The van der Waals surface area contributed by atoms with Gasteiger partial charge in [-0.25, -0.2) is 0 Å². The van der Waals surface area contributed by atoms with Gasteiger partial charge < -0.3 is 9.64 Å². The smallest absolute Gasteiger partial charge is 0.140 e. The second-order valence-corrected chi connectivity index (χ2v) is 20.6. The first-order valence-corrected chi connectivity index (χ1v) is 24.8. The Kier molecular flexibility index (Phi) is 7.96. The van der Waals surface area contributed by atoms with E-state index in [9.17, 15) is 0 Å². The van der Waals surface area contributed by atoms with E-state index in [1.54, 1.807) is 0 Å². The van der Waals surface area contributed by atoms with Crippen molar-refractivity contribution in [3.05, 3.63) is 258 Å². The van der Waals surface area contributed by atoms with Crippen molar-refractivity contribution in [2.45, 2.75) is 24.7 Å². The van der Waals surface area contributed by atoms with Gasteiger partial charge in [-0.05, 0) is 115 Å². The lowest BCUT2D eigenvalue weighted by Gasteiger charge is -2.40. The fourth-order valence-corrected chi connectivity index (χ4v) is 13.7. The van der Waals surface area contributed by atoms with Gasteiger partial charge in [0.25, 0.3) is 0 Å². The molecule has 3 heteroatoms.